The summed E-state index contributed by atoms with van der Waals surface area (Å²) in [5.74, 6) is -0.223. The average molecular weight is 207 g/mol. The summed E-state index contributed by atoms with van der Waals surface area (Å²) in [5, 5.41) is 2.39. The van der Waals surface area contributed by atoms with Crippen molar-refractivity contribution in [1.82, 2.24) is 5.32 Å². The van der Waals surface area contributed by atoms with Gasteiger partial charge in [-0.25, -0.2) is 0 Å². The summed E-state index contributed by atoms with van der Waals surface area (Å²) in [4.78, 5) is 10.6. The van der Waals surface area contributed by atoms with E-state index in [-0.39, 0.29) is 12.5 Å². The highest BCUT2D eigenvalue weighted by atomic mass is 32.2. The molecule has 0 aliphatic heterocycles. The highest BCUT2D eigenvalue weighted by Gasteiger charge is 1.98. The lowest BCUT2D eigenvalue weighted by atomic mass is 10.4. The topological polar surface area (TPSA) is 72.5 Å². The zero-order valence-electron chi connectivity index (χ0n) is 7.61. The number of nitrogens with one attached hydrogen (secondary N) is 1. The molecule has 0 rings (SSSR count). The Balaban J connectivity index is 3.58. The summed E-state index contributed by atoms with van der Waals surface area (Å²) in [5.41, 5.74) is 0. The molecule has 0 spiro atoms. The second-order valence-corrected chi connectivity index (χ2v) is 3.98. The van der Waals surface area contributed by atoms with Gasteiger partial charge in [-0.15, -0.1) is 0 Å². The number of rotatable bonds is 5. The Kier molecular flexibility index (Phi) is 5.33. The summed E-state index contributed by atoms with van der Waals surface area (Å²) in [7, 11) is -1.85. The van der Waals surface area contributed by atoms with Crippen LogP contribution in [0.3, 0.4) is 0 Å². The Morgan fingerprint density at radius 2 is 2.15 bits per heavy atom. The van der Waals surface area contributed by atoms with Crippen molar-refractivity contribution in [2.75, 3.05) is 19.9 Å². The average Bonchev–Trinajstić information content (AvgIpc) is 2.01. The molecule has 0 atom stereocenters. The first-order chi connectivity index (χ1) is 5.95. The van der Waals surface area contributed by atoms with Crippen LogP contribution in [-0.2, 0) is 19.1 Å². The van der Waals surface area contributed by atoms with Gasteiger partial charge in [0.1, 0.15) is 0 Å². The van der Waals surface area contributed by atoms with E-state index in [1.165, 1.54) is 13.1 Å². The molecule has 0 fully saturated rings. The van der Waals surface area contributed by atoms with Gasteiger partial charge in [0, 0.05) is 7.05 Å². The molecule has 1 N–H and O–H groups in total. The third-order valence-electron chi connectivity index (χ3n) is 1.10. The van der Waals surface area contributed by atoms with E-state index in [0.717, 1.165) is 6.26 Å². The van der Waals surface area contributed by atoms with Gasteiger partial charge in [-0.05, 0) is 12.5 Å². The van der Waals surface area contributed by atoms with Crippen LogP contribution in [0.5, 0.6) is 0 Å². The van der Waals surface area contributed by atoms with Crippen LogP contribution in [0.25, 0.3) is 0 Å². The molecule has 6 heteroatoms. The molecule has 0 unspecified atom stereocenters. The molecule has 0 aromatic carbocycles. The van der Waals surface area contributed by atoms with Crippen LogP contribution in [0.1, 0.15) is 6.42 Å². The Hall–Kier alpha value is -0.880. The molecular weight excluding hydrogens is 194 g/mol. The fraction of sp³-hybridized carbons (Fsp3) is 0.571. The first-order valence-corrected chi connectivity index (χ1v) is 5.50. The normalized spacial score (nSPS) is 11.8. The number of amides is 1. The monoisotopic (exact) mass is 207 g/mol. The molecular formula is C7H13NO4S. The number of hydrogen-bond donors (Lipinski definition) is 1. The van der Waals surface area contributed by atoms with E-state index in [9.17, 15) is 13.2 Å². The van der Waals surface area contributed by atoms with Crippen molar-refractivity contribution >= 4 is 16.0 Å². The summed E-state index contributed by atoms with van der Waals surface area (Å²) in [6, 6.07) is 0. The lowest BCUT2D eigenvalue weighted by molar-refractivity contribution is -0.116. The van der Waals surface area contributed by atoms with Crippen molar-refractivity contribution in [3.8, 4) is 0 Å². The van der Waals surface area contributed by atoms with Gasteiger partial charge in [0.05, 0.1) is 12.9 Å². The van der Waals surface area contributed by atoms with Crippen LogP contribution >= 0.6 is 0 Å². The maximum Gasteiger partial charge on any atom is 0.264 e. The van der Waals surface area contributed by atoms with Gasteiger partial charge in [0.15, 0.2) is 0 Å². The van der Waals surface area contributed by atoms with E-state index in [1.807, 2.05) is 0 Å². The molecule has 76 valence electrons. The van der Waals surface area contributed by atoms with E-state index in [0.29, 0.717) is 6.42 Å². The van der Waals surface area contributed by atoms with Crippen molar-refractivity contribution in [2.24, 2.45) is 0 Å². The highest BCUT2D eigenvalue weighted by Crippen LogP contribution is 1.90. The molecule has 0 heterocycles. The van der Waals surface area contributed by atoms with E-state index in [1.54, 1.807) is 6.08 Å². The summed E-state index contributed by atoms with van der Waals surface area (Å²) >= 11 is 0. The number of hydrogen-bond acceptors (Lipinski definition) is 4. The molecule has 0 aromatic heterocycles. The van der Waals surface area contributed by atoms with E-state index < -0.39 is 10.1 Å². The van der Waals surface area contributed by atoms with Gasteiger partial charge in [0.2, 0.25) is 5.91 Å². The predicted molar refractivity (Wildman–Crippen MR) is 48.6 cm³/mol. The predicted octanol–water partition coefficient (Wildman–Crippen LogP) is -0.345. The molecule has 0 saturated heterocycles. The molecule has 0 aliphatic carbocycles. The minimum atomic E-state index is -3.36. The Morgan fingerprint density at radius 3 is 2.62 bits per heavy atom. The van der Waals surface area contributed by atoms with Crippen LogP contribution in [0.2, 0.25) is 0 Å². The minimum Gasteiger partial charge on any atom is -0.356 e. The maximum absolute atomic E-state index is 10.6. The Morgan fingerprint density at radius 1 is 1.54 bits per heavy atom. The number of likely N-dealkylation sites (N-methyl/N-ethyl adjacent to an activating group) is 1. The second kappa shape index (κ2) is 5.71. The zero-order chi connectivity index (χ0) is 10.3. The second-order valence-electron chi connectivity index (χ2n) is 2.33. The smallest absolute Gasteiger partial charge is 0.264 e. The van der Waals surface area contributed by atoms with Gasteiger partial charge >= 0.3 is 0 Å². The summed E-state index contributed by atoms with van der Waals surface area (Å²) in [6.45, 7) is 0.0618. The van der Waals surface area contributed by atoms with Crippen molar-refractivity contribution in [1.29, 1.82) is 0 Å². The molecule has 0 saturated carbocycles. The number of carbonyl (C=O) groups excluding carboxylic acids is 1. The number of carbonyl (C=O) groups is 1. The fourth-order valence-electron chi connectivity index (χ4n) is 0.541. The molecule has 13 heavy (non-hydrogen) atoms. The standard InChI is InChI=1S/C7H13NO4S/c1-8-7(9)5-3-4-6-12-13(2,10)11/h3,5H,4,6H2,1-2H3,(H,8,9). The lowest BCUT2D eigenvalue weighted by Gasteiger charge is -1.96. The van der Waals surface area contributed by atoms with Crippen molar-refractivity contribution < 1.29 is 17.4 Å². The van der Waals surface area contributed by atoms with Gasteiger partial charge in [0.25, 0.3) is 10.1 Å². The van der Waals surface area contributed by atoms with Gasteiger partial charge in [-0.1, -0.05) is 6.08 Å². The molecule has 1 amide bonds. The largest absolute Gasteiger partial charge is 0.356 e. The van der Waals surface area contributed by atoms with Crippen molar-refractivity contribution in [3.63, 3.8) is 0 Å². The van der Waals surface area contributed by atoms with E-state index >= 15 is 0 Å². The van der Waals surface area contributed by atoms with Crippen molar-refractivity contribution in [2.45, 2.75) is 6.42 Å². The molecule has 5 nitrogen and oxygen atoms in total. The molecule has 0 bridgehead atoms. The minimum absolute atomic E-state index is 0.0618. The van der Waals surface area contributed by atoms with Crippen LogP contribution in [-0.4, -0.2) is 34.2 Å². The third kappa shape index (κ3) is 9.03. The first kappa shape index (κ1) is 12.1. The van der Waals surface area contributed by atoms with Gasteiger partial charge < -0.3 is 5.32 Å². The Bertz CT molecular complexity index is 281. The van der Waals surface area contributed by atoms with E-state index in [2.05, 4.69) is 9.50 Å². The SMILES string of the molecule is CNC(=O)C=CCCOS(C)(=O)=O. The summed E-state index contributed by atoms with van der Waals surface area (Å²) < 4.78 is 25.4. The van der Waals surface area contributed by atoms with Crippen LogP contribution in [0, 0.1) is 0 Å². The van der Waals surface area contributed by atoms with E-state index in [4.69, 9.17) is 0 Å². The van der Waals surface area contributed by atoms with Gasteiger partial charge in [-0.3, -0.25) is 8.98 Å². The third-order valence-corrected chi connectivity index (χ3v) is 1.69. The lowest BCUT2D eigenvalue weighted by Crippen LogP contribution is -2.14. The summed E-state index contributed by atoms with van der Waals surface area (Å²) in [6.07, 6.45) is 4.24. The van der Waals surface area contributed by atoms with Crippen LogP contribution in [0.15, 0.2) is 12.2 Å². The maximum atomic E-state index is 10.6. The Labute approximate surface area is 77.9 Å². The molecule has 0 radical (unpaired) electrons. The van der Waals surface area contributed by atoms with Gasteiger partial charge in [-0.2, -0.15) is 8.42 Å². The quantitative estimate of drug-likeness (QED) is 0.380. The van der Waals surface area contributed by atoms with Crippen molar-refractivity contribution in [3.05, 3.63) is 12.2 Å². The molecule has 0 aliphatic rings. The fourth-order valence-corrected chi connectivity index (χ4v) is 0.940. The zero-order valence-corrected chi connectivity index (χ0v) is 8.43. The molecule has 0 aromatic rings. The van der Waals surface area contributed by atoms with Crippen LogP contribution < -0.4 is 5.32 Å². The first-order valence-electron chi connectivity index (χ1n) is 3.68. The highest BCUT2D eigenvalue weighted by molar-refractivity contribution is 7.85. The van der Waals surface area contributed by atoms with Crippen LogP contribution in [0.4, 0.5) is 0 Å².